The Balaban J connectivity index is 1.53. The Morgan fingerprint density at radius 3 is 3.00 bits per heavy atom. The first-order valence-electron chi connectivity index (χ1n) is 7.97. The molecule has 0 saturated heterocycles. The lowest BCUT2D eigenvalue weighted by Gasteiger charge is -2.21. The van der Waals surface area contributed by atoms with Crippen LogP contribution in [-0.2, 0) is 17.1 Å². The fraction of sp³-hybridized carbons (Fsp3) is 0.316. The summed E-state index contributed by atoms with van der Waals surface area (Å²) in [4.78, 5) is 11.6. The highest BCUT2D eigenvalue weighted by Gasteiger charge is 2.16. The van der Waals surface area contributed by atoms with Gasteiger partial charge in [-0.15, -0.1) is 0 Å². The number of rotatable bonds is 7. The number of halogens is 1. The van der Waals surface area contributed by atoms with Crippen molar-refractivity contribution in [3.63, 3.8) is 0 Å². The molecule has 0 saturated carbocycles. The number of thioether (sulfide) groups is 1. The van der Waals surface area contributed by atoms with Gasteiger partial charge in [-0.3, -0.25) is 4.79 Å². The van der Waals surface area contributed by atoms with Crippen molar-refractivity contribution in [3.8, 4) is 11.5 Å². The lowest BCUT2D eigenvalue weighted by Crippen LogP contribution is -2.13. The van der Waals surface area contributed by atoms with Crippen LogP contribution >= 0.6 is 23.4 Å². The van der Waals surface area contributed by atoms with E-state index in [1.165, 1.54) is 0 Å². The van der Waals surface area contributed by atoms with Gasteiger partial charge in [0.25, 0.3) is 0 Å². The summed E-state index contributed by atoms with van der Waals surface area (Å²) in [7, 11) is 0. The van der Waals surface area contributed by atoms with Crippen LogP contribution in [0, 0.1) is 0 Å². The number of para-hydroxylation sites is 1. The van der Waals surface area contributed by atoms with Gasteiger partial charge in [0.2, 0.25) is 0 Å². The first-order valence-corrected chi connectivity index (χ1v) is 9.51. The molecule has 0 aliphatic carbocycles. The average molecular weight is 379 g/mol. The molecule has 0 amide bonds. The fourth-order valence-electron chi connectivity index (χ4n) is 2.64. The Labute approximate surface area is 156 Å². The van der Waals surface area contributed by atoms with Gasteiger partial charge < -0.3 is 14.2 Å². The summed E-state index contributed by atoms with van der Waals surface area (Å²) in [5.41, 5.74) is 2.67. The Morgan fingerprint density at radius 2 is 2.16 bits per heavy atom. The molecule has 0 atom stereocenters. The lowest BCUT2D eigenvalue weighted by molar-refractivity contribution is -0.0168. The molecule has 0 unspecified atom stereocenters. The van der Waals surface area contributed by atoms with Crippen LogP contribution in [-0.4, -0.2) is 24.9 Å². The summed E-state index contributed by atoms with van der Waals surface area (Å²) < 4.78 is 16.7. The summed E-state index contributed by atoms with van der Waals surface area (Å²) in [6.45, 7) is 2.88. The molecule has 3 rings (SSSR count). The van der Waals surface area contributed by atoms with E-state index in [4.69, 9.17) is 25.8 Å². The largest absolute Gasteiger partial charge is 0.492 e. The third kappa shape index (κ3) is 4.69. The Kier molecular flexibility index (Phi) is 6.24. The zero-order valence-electron chi connectivity index (χ0n) is 13.9. The van der Waals surface area contributed by atoms with Crippen molar-refractivity contribution in [2.24, 2.45) is 0 Å². The maximum Gasteiger partial charge on any atom is 0.189 e. The molecule has 6 heteroatoms. The molecule has 1 heterocycles. The summed E-state index contributed by atoms with van der Waals surface area (Å²) in [6, 6.07) is 11.1. The number of carbonyl (C=O) groups is 1. The molecule has 0 spiro atoms. The molecule has 0 aromatic heterocycles. The second-order valence-electron chi connectivity index (χ2n) is 5.62. The highest BCUT2D eigenvalue weighted by molar-refractivity contribution is 7.98. The van der Waals surface area contributed by atoms with E-state index in [0.29, 0.717) is 29.5 Å². The predicted molar refractivity (Wildman–Crippen MR) is 99.8 cm³/mol. The number of hydrogen-bond acceptors (Lipinski definition) is 5. The van der Waals surface area contributed by atoms with E-state index in [1.807, 2.05) is 30.3 Å². The van der Waals surface area contributed by atoms with Gasteiger partial charge in [-0.1, -0.05) is 23.7 Å². The zero-order chi connectivity index (χ0) is 17.6. The third-order valence-electron chi connectivity index (χ3n) is 3.76. The van der Waals surface area contributed by atoms with Gasteiger partial charge in [0, 0.05) is 27.7 Å². The van der Waals surface area contributed by atoms with E-state index in [0.717, 1.165) is 28.4 Å². The number of ether oxygens (including phenoxy) is 3. The molecule has 1 aliphatic rings. The topological polar surface area (TPSA) is 44.8 Å². The number of Topliss-reactive ketones (excluding diaryl/α,β-unsaturated/α-hetero) is 1. The SMILES string of the molecule is CC(=O)c1ccccc1OCCSCc1cc(Cl)cc2c1OCOC2. The Bertz CT molecular complexity index is 763. The minimum atomic E-state index is 0.00757. The number of ketones is 1. The van der Waals surface area contributed by atoms with Crippen LogP contribution in [0.5, 0.6) is 11.5 Å². The highest BCUT2D eigenvalue weighted by Crippen LogP contribution is 2.33. The monoisotopic (exact) mass is 378 g/mol. The van der Waals surface area contributed by atoms with Gasteiger partial charge in [0.1, 0.15) is 11.5 Å². The van der Waals surface area contributed by atoms with E-state index in [9.17, 15) is 4.79 Å². The van der Waals surface area contributed by atoms with E-state index < -0.39 is 0 Å². The molecule has 132 valence electrons. The minimum absolute atomic E-state index is 0.00757. The number of carbonyl (C=O) groups excluding carboxylic acids is 1. The Morgan fingerprint density at radius 1 is 1.32 bits per heavy atom. The van der Waals surface area contributed by atoms with E-state index in [2.05, 4.69) is 0 Å². The van der Waals surface area contributed by atoms with E-state index in [-0.39, 0.29) is 12.6 Å². The van der Waals surface area contributed by atoms with Crippen LogP contribution < -0.4 is 9.47 Å². The van der Waals surface area contributed by atoms with Gasteiger partial charge in [-0.2, -0.15) is 11.8 Å². The number of hydrogen-bond donors (Lipinski definition) is 0. The third-order valence-corrected chi connectivity index (χ3v) is 4.95. The summed E-state index contributed by atoms with van der Waals surface area (Å²) in [5, 5.41) is 0.690. The lowest BCUT2D eigenvalue weighted by atomic mass is 10.1. The van der Waals surface area contributed by atoms with Crippen LogP contribution in [0.3, 0.4) is 0 Å². The van der Waals surface area contributed by atoms with Crippen molar-refractivity contribution < 1.29 is 19.0 Å². The maximum atomic E-state index is 11.6. The number of benzene rings is 2. The molecular weight excluding hydrogens is 360 g/mol. The maximum absolute atomic E-state index is 11.6. The minimum Gasteiger partial charge on any atom is -0.492 e. The van der Waals surface area contributed by atoms with E-state index in [1.54, 1.807) is 24.8 Å². The summed E-state index contributed by atoms with van der Waals surface area (Å²) >= 11 is 7.90. The van der Waals surface area contributed by atoms with Crippen molar-refractivity contribution in [2.45, 2.75) is 19.3 Å². The van der Waals surface area contributed by atoms with Gasteiger partial charge in [0.15, 0.2) is 12.6 Å². The van der Waals surface area contributed by atoms with Crippen LogP contribution in [0.25, 0.3) is 0 Å². The van der Waals surface area contributed by atoms with Crippen molar-refractivity contribution in [2.75, 3.05) is 19.2 Å². The molecule has 0 N–H and O–H groups in total. The summed E-state index contributed by atoms with van der Waals surface area (Å²) in [5.74, 6) is 3.10. The molecule has 4 nitrogen and oxygen atoms in total. The predicted octanol–water partition coefficient (Wildman–Crippen LogP) is 4.72. The van der Waals surface area contributed by atoms with Gasteiger partial charge >= 0.3 is 0 Å². The second kappa shape index (κ2) is 8.61. The van der Waals surface area contributed by atoms with Gasteiger partial charge in [0.05, 0.1) is 18.8 Å². The zero-order valence-corrected chi connectivity index (χ0v) is 15.5. The molecule has 1 aliphatic heterocycles. The number of fused-ring (bicyclic) bond motifs is 1. The highest BCUT2D eigenvalue weighted by atomic mass is 35.5. The fourth-order valence-corrected chi connectivity index (χ4v) is 3.68. The second-order valence-corrected chi connectivity index (χ2v) is 7.16. The standard InChI is InChI=1S/C19H19ClO4S/c1-13(21)17-4-2-3-5-18(17)23-6-7-25-11-15-9-16(20)8-14-10-22-12-24-19(14)15/h2-5,8-9H,6-7,10-12H2,1H3. The van der Waals surface area contributed by atoms with Crippen molar-refractivity contribution >= 4 is 29.1 Å². The van der Waals surface area contributed by atoms with E-state index >= 15 is 0 Å². The van der Waals surface area contributed by atoms with Crippen LogP contribution in [0.4, 0.5) is 0 Å². The molecule has 2 aromatic carbocycles. The van der Waals surface area contributed by atoms with Gasteiger partial charge in [-0.05, 0) is 31.2 Å². The Hall–Kier alpha value is -1.69. The first-order chi connectivity index (χ1) is 12.1. The van der Waals surface area contributed by atoms with Crippen LogP contribution in [0.1, 0.15) is 28.4 Å². The molecule has 0 radical (unpaired) electrons. The first kappa shape index (κ1) is 18.1. The van der Waals surface area contributed by atoms with Crippen molar-refractivity contribution in [3.05, 3.63) is 58.1 Å². The van der Waals surface area contributed by atoms with Crippen molar-refractivity contribution in [1.82, 2.24) is 0 Å². The molecule has 0 bridgehead atoms. The molecule has 25 heavy (non-hydrogen) atoms. The normalized spacial score (nSPS) is 13.0. The van der Waals surface area contributed by atoms with Crippen LogP contribution in [0.15, 0.2) is 36.4 Å². The molecule has 2 aromatic rings. The summed E-state index contributed by atoms with van der Waals surface area (Å²) in [6.07, 6.45) is 0. The molecular formula is C19H19ClO4S. The average Bonchev–Trinajstić information content (AvgIpc) is 2.61. The van der Waals surface area contributed by atoms with Gasteiger partial charge in [-0.25, -0.2) is 0 Å². The van der Waals surface area contributed by atoms with Crippen LogP contribution in [0.2, 0.25) is 5.02 Å². The van der Waals surface area contributed by atoms with Crippen molar-refractivity contribution in [1.29, 1.82) is 0 Å². The quantitative estimate of drug-likeness (QED) is 0.515. The smallest absolute Gasteiger partial charge is 0.189 e. The molecule has 0 fully saturated rings.